The number of aliphatic hydroxyl groups excluding tert-OH is 11. The van der Waals surface area contributed by atoms with Gasteiger partial charge in [0, 0.05) is 6.42 Å². The molecule has 0 saturated carbocycles. The van der Waals surface area contributed by atoms with Crippen molar-refractivity contribution >= 4 is 5.91 Å². The summed E-state index contributed by atoms with van der Waals surface area (Å²) < 4.78 is 34.5. The molecule has 17 atom stereocenters. The van der Waals surface area contributed by atoms with Crippen molar-refractivity contribution < 1.29 is 89.4 Å². The van der Waals surface area contributed by atoms with Gasteiger partial charge in [-0.25, -0.2) is 0 Å². The summed E-state index contributed by atoms with van der Waals surface area (Å²) >= 11 is 0. The monoisotopic (exact) mass is 1330 g/mol. The molecule has 0 aromatic carbocycles. The summed E-state index contributed by atoms with van der Waals surface area (Å²) in [4.78, 5) is 13.5. The standard InChI is InChI=1S/C74H143NO18/c1-3-5-7-9-11-13-15-17-19-21-23-25-27-28-29-30-32-34-36-38-40-42-44-46-48-50-52-62(80)75-57(58(79)51-49-47-45-43-41-39-37-35-33-31-26-24-22-20-18-16-14-12-10-8-6-4-2)56-88-72-68(86)65(83)70(60(54-77)90-72)93-74-69(87)66(84)71(61(55-78)91-74)92-73-67(85)64(82)63(81)59(53-76)89-73/h57-61,63-74,76-79,81-87H,3-56H2,1-2H3,(H,75,80). The zero-order valence-electron chi connectivity index (χ0n) is 58.8. The van der Waals surface area contributed by atoms with Gasteiger partial charge in [0.15, 0.2) is 18.9 Å². The van der Waals surface area contributed by atoms with E-state index < -0.39 is 124 Å². The van der Waals surface area contributed by atoms with Crippen LogP contribution in [-0.4, -0.2) is 193 Å². The molecule has 12 N–H and O–H groups in total. The highest BCUT2D eigenvalue weighted by atomic mass is 16.8. The predicted molar refractivity (Wildman–Crippen MR) is 365 cm³/mol. The Morgan fingerprint density at radius 1 is 0.344 bits per heavy atom. The normalized spacial score (nSPS) is 27.4. The molecule has 0 radical (unpaired) electrons. The van der Waals surface area contributed by atoms with Crippen LogP contribution in [0.25, 0.3) is 0 Å². The molecular weight excluding hydrogens is 1190 g/mol. The highest BCUT2D eigenvalue weighted by Gasteiger charge is 2.54. The second-order valence-corrected chi connectivity index (χ2v) is 28.2. The van der Waals surface area contributed by atoms with Gasteiger partial charge in [-0.05, 0) is 12.8 Å². The van der Waals surface area contributed by atoms with E-state index in [1.807, 2.05) is 0 Å². The number of aliphatic hydroxyl groups is 11. The molecule has 19 nitrogen and oxygen atoms in total. The fraction of sp³-hybridized carbons (Fsp3) is 0.986. The number of nitrogens with one attached hydrogen (secondary N) is 1. The van der Waals surface area contributed by atoms with Crippen LogP contribution in [0.4, 0.5) is 0 Å². The van der Waals surface area contributed by atoms with Gasteiger partial charge in [-0.1, -0.05) is 316 Å². The van der Waals surface area contributed by atoms with Gasteiger partial charge in [-0.15, -0.1) is 0 Å². The summed E-state index contributed by atoms with van der Waals surface area (Å²) in [7, 11) is 0. The minimum absolute atomic E-state index is 0.233. The van der Waals surface area contributed by atoms with Gasteiger partial charge < -0.3 is 89.9 Å². The van der Waals surface area contributed by atoms with Crippen LogP contribution in [0.15, 0.2) is 0 Å². The predicted octanol–water partition coefficient (Wildman–Crippen LogP) is 11.8. The Labute approximate surface area is 563 Å². The van der Waals surface area contributed by atoms with Crippen molar-refractivity contribution in [3.63, 3.8) is 0 Å². The molecule has 0 bridgehead atoms. The van der Waals surface area contributed by atoms with Crippen molar-refractivity contribution in [2.75, 3.05) is 26.4 Å². The molecule has 0 spiro atoms. The lowest BCUT2D eigenvalue weighted by Crippen LogP contribution is -2.66. The first-order valence-corrected chi connectivity index (χ1v) is 38.8. The Bertz CT molecular complexity index is 1690. The smallest absolute Gasteiger partial charge is 0.220 e. The first kappa shape index (κ1) is 86.0. The third-order valence-corrected chi connectivity index (χ3v) is 19.9. The molecule has 3 heterocycles. The molecule has 3 fully saturated rings. The molecule has 0 aliphatic carbocycles. The van der Waals surface area contributed by atoms with E-state index in [4.69, 9.17) is 28.4 Å². The van der Waals surface area contributed by atoms with E-state index in [1.165, 1.54) is 257 Å². The van der Waals surface area contributed by atoms with Gasteiger partial charge in [-0.2, -0.15) is 0 Å². The maximum Gasteiger partial charge on any atom is 0.220 e. The van der Waals surface area contributed by atoms with Crippen molar-refractivity contribution in [2.45, 2.75) is 439 Å². The summed E-state index contributed by atoms with van der Waals surface area (Å²) in [5, 5.41) is 121. The molecule has 3 rings (SSSR count). The highest BCUT2D eigenvalue weighted by molar-refractivity contribution is 5.76. The number of hydrogen-bond acceptors (Lipinski definition) is 18. The Balaban J connectivity index is 1.38. The zero-order valence-corrected chi connectivity index (χ0v) is 58.8. The summed E-state index contributed by atoms with van der Waals surface area (Å²) in [5.41, 5.74) is 0. The lowest BCUT2D eigenvalue weighted by atomic mass is 9.96. The quantitative estimate of drug-likeness (QED) is 0.0252. The molecule has 3 saturated heterocycles. The lowest BCUT2D eigenvalue weighted by molar-refractivity contribution is -0.379. The second-order valence-electron chi connectivity index (χ2n) is 28.2. The molecular formula is C74H143NO18. The third kappa shape index (κ3) is 37.7. The largest absolute Gasteiger partial charge is 0.394 e. The minimum Gasteiger partial charge on any atom is -0.394 e. The molecule has 552 valence electrons. The molecule has 93 heavy (non-hydrogen) atoms. The molecule has 17 unspecified atom stereocenters. The SMILES string of the molecule is CCCCCCCCCCCCCCCCCCCCCCCCCCCCC(=O)NC(COC1OC(CO)C(OC2OC(CO)C(OC3OC(CO)C(O)C(O)C3O)C(O)C2O)C(O)C1O)C(O)CCCCCCCCCCCCCCCCCCCCCCCC. The van der Waals surface area contributed by atoms with E-state index in [0.717, 1.165) is 44.9 Å². The van der Waals surface area contributed by atoms with Gasteiger partial charge in [-0.3, -0.25) is 4.79 Å². The molecule has 19 heteroatoms. The Morgan fingerprint density at radius 3 is 0.935 bits per heavy atom. The van der Waals surface area contributed by atoms with Crippen molar-refractivity contribution in [2.24, 2.45) is 0 Å². The maximum absolute atomic E-state index is 13.5. The topological polar surface area (TPSA) is 307 Å². The fourth-order valence-electron chi connectivity index (χ4n) is 13.7. The Hall–Kier alpha value is -1.21. The number of carbonyl (C=O) groups excluding carboxylic acids is 1. The summed E-state index contributed by atoms with van der Waals surface area (Å²) in [6.07, 6.45) is 36.1. The van der Waals surface area contributed by atoms with Crippen LogP contribution in [0.1, 0.15) is 335 Å². The highest BCUT2D eigenvalue weighted by Crippen LogP contribution is 2.33. The van der Waals surface area contributed by atoms with Crippen LogP contribution in [0.5, 0.6) is 0 Å². The molecule has 0 aromatic heterocycles. The number of ether oxygens (including phenoxy) is 6. The first-order chi connectivity index (χ1) is 45.3. The van der Waals surface area contributed by atoms with Gasteiger partial charge in [0.2, 0.25) is 5.91 Å². The van der Waals surface area contributed by atoms with Gasteiger partial charge in [0.05, 0.1) is 38.6 Å². The van der Waals surface area contributed by atoms with Crippen LogP contribution >= 0.6 is 0 Å². The maximum atomic E-state index is 13.5. The van der Waals surface area contributed by atoms with E-state index in [1.54, 1.807) is 0 Å². The first-order valence-electron chi connectivity index (χ1n) is 38.8. The number of unbranched alkanes of at least 4 members (excludes halogenated alkanes) is 46. The molecule has 3 aliphatic rings. The van der Waals surface area contributed by atoms with Crippen molar-refractivity contribution in [1.29, 1.82) is 0 Å². The van der Waals surface area contributed by atoms with E-state index in [-0.39, 0.29) is 18.9 Å². The summed E-state index contributed by atoms with van der Waals surface area (Å²) in [6, 6.07) is -0.883. The zero-order chi connectivity index (χ0) is 67.5. The van der Waals surface area contributed by atoms with Gasteiger partial charge in [0.25, 0.3) is 0 Å². The Morgan fingerprint density at radius 2 is 0.613 bits per heavy atom. The van der Waals surface area contributed by atoms with Gasteiger partial charge in [0.1, 0.15) is 73.2 Å². The third-order valence-electron chi connectivity index (χ3n) is 19.9. The van der Waals surface area contributed by atoms with E-state index >= 15 is 0 Å². The molecule has 1 amide bonds. The summed E-state index contributed by atoms with van der Waals surface area (Å²) in [6.45, 7) is 1.87. The molecule has 3 aliphatic heterocycles. The van der Waals surface area contributed by atoms with Crippen molar-refractivity contribution in [3.05, 3.63) is 0 Å². The van der Waals surface area contributed by atoms with E-state index in [9.17, 15) is 61.0 Å². The van der Waals surface area contributed by atoms with Crippen LogP contribution in [0.2, 0.25) is 0 Å². The average Bonchev–Trinajstić information content (AvgIpc) is 0.986. The average molecular weight is 1330 g/mol. The molecule has 0 aromatic rings. The van der Waals surface area contributed by atoms with Crippen molar-refractivity contribution in [3.8, 4) is 0 Å². The Kier molecular flexibility index (Phi) is 52.3. The van der Waals surface area contributed by atoms with Crippen LogP contribution in [-0.2, 0) is 33.2 Å². The van der Waals surface area contributed by atoms with Crippen LogP contribution in [0, 0.1) is 0 Å². The number of hydrogen-bond donors (Lipinski definition) is 12. The fourth-order valence-corrected chi connectivity index (χ4v) is 13.7. The van der Waals surface area contributed by atoms with E-state index in [2.05, 4.69) is 19.2 Å². The summed E-state index contributed by atoms with van der Waals surface area (Å²) in [5.74, 6) is -0.233. The number of amides is 1. The number of rotatable bonds is 62. The van der Waals surface area contributed by atoms with Crippen LogP contribution in [0.3, 0.4) is 0 Å². The van der Waals surface area contributed by atoms with Gasteiger partial charge >= 0.3 is 0 Å². The lowest BCUT2D eigenvalue weighted by Gasteiger charge is -2.48. The minimum atomic E-state index is -1.97. The van der Waals surface area contributed by atoms with E-state index in [0.29, 0.717) is 12.8 Å². The van der Waals surface area contributed by atoms with Crippen molar-refractivity contribution in [1.82, 2.24) is 5.32 Å². The number of carbonyl (C=O) groups is 1. The van der Waals surface area contributed by atoms with Crippen LogP contribution < -0.4 is 5.32 Å². The second kappa shape index (κ2) is 56.5.